The van der Waals surface area contributed by atoms with Crippen molar-refractivity contribution in [3.8, 4) is 6.07 Å². The topological polar surface area (TPSA) is 79.2 Å². The van der Waals surface area contributed by atoms with Gasteiger partial charge in [-0.2, -0.15) is 18.4 Å². The number of rotatable bonds is 4. The molecule has 0 heterocycles. The van der Waals surface area contributed by atoms with E-state index < -0.39 is 23.6 Å². The van der Waals surface area contributed by atoms with E-state index in [4.69, 9.17) is 11.6 Å². The number of nitrogens with zero attached hydrogens (tertiary/aromatic N) is 1. The van der Waals surface area contributed by atoms with Gasteiger partial charge in [-0.3, -0.25) is 4.79 Å². The van der Waals surface area contributed by atoms with Crippen molar-refractivity contribution < 1.29 is 27.5 Å². The van der Waals surface area contributed by atoms with Crippen LogP contribution in [0.1, 0.15) is 21.5 Å². The molecule has 2 rings (SSSR count). The number of carbonyl (C=O) groups is 2. The summed E-state index contributed by atoms with van der Waals surface area (Å²) in [5, 5.41) is 11.3. The average molecular weight is 409 g/mol. The molecule has 2 aromatic rings. The predicted molar refractivity (Wildman–Crippen MR) is 96.5 cm³/mol. The molecule has 0 spiro atoms. The van der Waals surface area contributed by atoms with Crippen LogP contribution in [-0.4, -0.2) is 19.0 Å². The third-order valence-electron chi connectivity index (χ3n) is 3.55. The quantitative estimate of drug-likeness (QED) is 0.452. The van der Waals surface area contributed by atoms with E-state index in [9.17, 15) is 28.0 Å². The number of esters is 1. The summed E-state index contributed by atoms with van der Waals surface area (Å²) in [6.45, 7) is 0. The summed E-state index contributed by atoms with van der Waals surface area (Å²) in [5.74, 6) is -1.48. The average Bonchev–Trinajstić information content (AvgIpc) is 2.66. The van der Waals surface area contributed by atoms with Gasteiger partial charge in [-0.05, 0) is 42.0 Å². The summed E-state index contributed by atoms with van der Waals surface area (Å²) in [4.78, 5) is 23.7. The van der Waals surface area contributed by atoms with Crippen LogP contribution in [0.15, 0.2) is 48.0 Å². The van der Waals surface area contributed by atoms with Gasteiger partial charge >= 0.3 is 12.1 Å². The number of anilines is 1. The number of halogens is 4. The maximum Gasteiger partial charge on any atom is 0.416 e. The SMILES string of the molecule is COC(=O)c1ccc(/C=C(\C#N)C(=O)Nc2cc(C(F)(F)F)ccc2Cl)cc1. The summed E-state index contributed by atoms with van der Waals surface area (Å²) < 4.78 is 43.0. The zero-order valence-electron chi connectivity index (χ0n) is 14.3. The Labute approximate surface area is 163 Å². The Morgan fingerprint density at radius 2 is 1.82 bits per heavy atom. The van der Waals surface area contributed by atoms with E-state index in [0.29, 0.717) is 11.6 Å². The summed E-state index contributed by atoms with van der Waals surface area (Å²) in [6.07, 6.45) is -3.39. The molecule has 0 aliphatic carbocycles. The second kappa shape index (κ2) is 8.59. The van der Waals surface area contributed by atoms with Crippen LogP contribution in [0, 0.1) is 11.3 Å². The Kier molecular flexibility index (Phi) is 6.44. The van der Waals surface area contributed by atoms with E-state index in [1.54, 1.807) is 6.07 Å². The molecule has 0 aromatic heterocycles. The lowest BCUT2D eigenvalue weighted by atomic mass is 10.1. The molecule has 0 saturated heterocycles. The fourth-order valence-electron chi connectivity index (χ4n) is 2.14. The van der Waals surface area contributed by atoms with E-state index >= 15 is 0 Å². The Bertz CT molecular complexity index is 977. The van der Waals surface area contributed by atoms with Crippen molar-refractivity contribution in [2.24, 2.45) is 0 Å². The molecule has 0 radical (unpaired) electrons. The number of benzene rings is 2. The summed E-state index contributed by atoms with van der Waals surface area (Å²) in [6, 6.07) is 9.98. The number of carbonyl (C=O) groups excluding carboxylic acids is 2. The molecule has 9 heteroatoms. The van der Waals surface area contributed by atoms with Gasteiger partial charge < -0.3 is 10.1 Å². The lowest BCUT2D eigenvalue weighted by Crippen LogP contribution is -2.15. The van der Waals surface area contributed by atoms with Crippen LogP contribution in [0.5, 0.6) is 0 Å². The third-order valence-corrected chi connectivity index (χ3v) is 3.88. The van der Waals surface area contributed by atoms with E-state index in [1.807, 2.05) is 0 Å². The molecule has 1 amide bonds. The smallest absolute Gasteiger partial charge is 0.416 e. The van der Waals surface area contributed by atoms with Crippen molar-refractivity contribution in [1.29, 1.82) is 5.26 Å². The first-order valence-corrected chi connectivity index (χ1v) is 8.01. The molecule has 144 valence electrons. The van der Waals surface area contributed by atoms with Crippen molar-refractivity contribution in [3.63, 3.8) is 0 Å². The van der Waals surface area contributed by atoms with Crippen LogP contribution < -0.4 is 5.32 Å². The maximum atomic E-state index is 12.8. The number of hydrogen-bond donors (Lipinski definition) is 1. The molecule has 0 saturated carbocycles. The first-order valence-electron chi connectivity index (χ1n) is 7.64. The molecule has 2 aromatic carbocycles. The number of amides is 1. The van der Waals surface area contributed by atoms with Crippen LogP contribution in [0.4, 0.5) is 18.9 Å². The number of nitriles is 1. The largest absolute Gasteiger partial charge is 0.465 e. The molecule has 0 aliphatic heterocycles. The fourth-order valence-corrected chi connectivity index (χ4v) is 2.30. The molecule has 0 aliphatic rings. The highest BCUT2D eigenvalue weighted by atomic mass is 35.5. The summed E-state index contributed by atoms with van der Waals surface area (Å²) in [5.41, 5.74) is -0.927. The van der Waals surface area contributed by atoms with E-state index in [2.05, 4.69) is 10.1 Å². The van der Waals surface area contributed by atoms with Gasteiger partial charge in [-0.1, -0.05) is 23.7 Å². The van der Waals surface area contributed by atoms with Crippen molar-refractivity contribution in [2.75, 3.05) is 12.4 Å². The number of methoxy groups -OCH3 is 1. The number of alkyl halides is 3. The normalized spacial score (nSPS) is 11.5. The number of nitrogens with one attached hydrogen (secondary N) is 1. The van der Waals surface area contributed by atoms with Gasteiger partial charge in [0.05, 0.1) is 28.9 Å². The van der Waals surface area contributed by atoms with Gasteiger partial charge in [0.25, 0.3) is 5.91 Å². The van der Waals surface area contributed by atoms with Crippen LogP contribution in [0.3, 0.4) is 0 Å². The molecule has 0 bridgehead atoms. The van der Waals surface area contributed by atoms with Crippen LogP contribution in [0.2, 0.25) is 5.02 Å². The van der Waals surface area contributed by atoms with Crippen LogP contribution in [0.25, 0.3) is 6.08 Å². The Balaban J connectivity index is 2.26. The molecule has 0 unspecified atom stereocenters. The molecular formula is C19H12ClF3N2O3. The zero-order valence-corrected chi connectivity index (χ0v) is 15.1. The van der Waals surface area contributed by atoms with E-state index in [1.165, 1.54) is 37.5 Å². The predicted octanol–water partition coefficient (Wildman–Crippen LogP) is 4.69. The van der Waals surface area contributed by atoms with E-state index in [-0.39, 0.29) is 21.8 Å². The van der Waals surface area contributed by atoms with Gasteiger partial charge in [0.15, 0.2) is 0 Å². The minimum atomic E-state index is -4.61. The Hall–Kier alpha value is -3.31. The standard InChI is InChI=1S/C19H12ClF3N2O3/c1-28-18(27)12-4-2-11(3-5-12)8-13(10-24)17(26)25-16-9-14(19(21,22)23)6-7-15(16)20/h2-9H,1H3,(H,25,26)/b13-8+. The van der Waals surface area contributed by atoms with E-state index in [0.717, 1.165) is 12.1 Å². The summed E-state index contributed by atoms with van der Waals surface area (Å²) in [7, 11) is 1.23. The van der Waals surface area contributed by atoms with Crippen molar-refractivity contribution in [3.05, 3.63) is 69.8 Å². The fraction of sp³-hybridized carbons (Fsp3) is 0.105. The van der Waals surface area contributed by atoms with Crippen molar-refractivity contribution >= 4 is 35.2 Å². The van der Waals surface area contributed by atoms with Crippen molar-refractivity contribution in [1.82, 2.24) is 0 Å². The van der Waals surface area contributed by atoms with Crippen molar-refractivity contribution in [2.45, 2.75) is 6.18 Å². The minimum Gasteiger partial charge on any atom is -0.465 e. The maximum absolute atomic E-state index is 12.8. The minimum absolute atomic E-state index is 0.110. The molecule has 0 atom stereocenters. The summed E-state index contributed by atoms with van der Waals surface area (Å²) >= 11 is 5.83. The number of ether oxygens (including phenoxy) is 1. The monoisotopic (exact) mass is 408 g/mol. The zero-order chi connectivity index (χ0) is 20.9. The van der Waals surface area contributed by atoms with Crippen LogP contribution in [-0.2, 0) is 15.7 Å². The first kappa shape index (κ1) is 21.0. The Morgan fingerprint density at radius 1 is 1.18 bits per heavy atom. The molecule has 1 N–H and O–H groups in total. The second-order valence-electron chi connectivity index (χ2n) is 5.43. The lowest BCUT2D eigenvalue weighted by molar-refractivity contribution is -0.137. The molecule has 28 heavy (non-hydrogen) atoms. The highest BCUT2D eigenvalue weighted by Gasteiger charge is 2.31. The highest BCUT2D eigenvalue weighted by Crippen LogP contribution is 2.34. The van der Waals surface area contributed by atoms with Crippen LogP contribution >= 0.6 is 11.6 Å². The van der Waals surface area contributed by atoms with Gasteiger partial charge in [0.2, 0.25) is 0 Å². The third kappa shape index (κ3) is 5.11. The van der Waals surface area contributed by atoms with Gasteiger partial charge in [0.1, 0.15) is 11.6 Å². The molecular weight excluding hydrogens is 397 g/mol. The number of hydrogen-bond acceptors (Lipinski definition) is 4. The first-order chi connectivity index (χ1) is 13.2. The Morgan fingerprint density at radius 3 is 2.36 bits per heavy atom. The van der Waals surface area contributed by atoms with Gasteiger partial charge in [-0.25, -0.2) is 4.79 Å². The second-order valence-corrected chi connectivity index (χ2v) is 5.84. The lowest BCUT2D eigenvalue weighted by Gasteiger charge is -2.11. The van der Waals surface area contributed by atoms with Gasteiger partial charge in [-0.15, -0.1) is 0 Å². The highest BCUT2D eigenvalue weighted by molar-refractivity contribution is 6.34. The van der Waals surface area contributed by atoms with Gasteiger partial charge in [0, 0.05) is 0 Å². The molecule has 5 nitrogen and oxygen atoms in total. The molecule has 0 fully saturated rings.